The molecule has 0 saturated carbocycles. The largest absolute Gasteiger partial charge is 0.454 e. The van der Waals surface area contributed by atoms with Gasteiger partial charge in [0, 0.05) is 24.6 Å². The maximum absolute atomic E-state index is 12.3. The summed E-state index contributed by atoms with van der Waals surface area (Å²) in [5.74, 6) is -0.667. The van der Waals surface area contributed by atoms with Crippen LogP contribution in [0.2, 0.25) is 0 Å². The molecule has 0 aromatic heterocycles. The average molecular weight is 357 g/mol. The molecule has 0 aliphatic carbocycles. The second-order valence-corrected chi connectivity index (χ2v) is 6.46. The second kappa shape index (κ2) is 9.03. The number of benzene rings is 2. The van der Waals surface area contributed by atoms with Crippen LogP contribution in [0.5, 0.6) is 0 Å². The summed E-state index contributed by atoms with van der Waals surface area (Å²) in [6.07, 6.45) is 0. The molecule has 2 rings (SSSR count). The summed E-state index contributed by atoms with van der Waals surface area (Å²) in [6, 6.07) is 15.5. The third-order valence-electron chi connectivity index (χ3n) is 3.39. The van der Waals surface area contributed by atoms with Gasteiger partial charge in [-0.3, -0.25) is 9.59 Å². The van der Waals surface area contributed by atoms with E-state index in [2.05, 4.69) is 0 Å². The van der Waals surface area contributed by atoms with Crippen molar-refractivity contribution in [1.29, 1.82) is 0 Å². The van der Waals surface area contributed by atoms with Crippen LogP contribution in [0.3, 0.4) is 0 Å². The molecule has 0 bridgehead atoms. The summed E-state index contributed by atoms with van der Waals surface area (Å²) in [6.45, 7) is -0.321. The molecule has 0 fully saturated rings. The van der Waals surface area contributed by atoms with Gasteiger partial charge in [-0.05, 0) is 12.1 Å². The number of rotatable bonds is 7. The molecule has 0 N–H and O–H groups in total. The number of esters is 1. The Kier molecular flexibility index (Phi) is 6.77. The minimum Gasteiger partial charge on any atom is -0.454 e. The Bertz CT molecular complexity index is 759. The number of carbonyl (C=O) groups is 3. The quantitative estimate of drug-likeness (QED) is 0.433. The Balaban J connectivity index is 1.99. The summed E-state index contributed by atoms with van der Waals surface area (Å²) < 4.78 is 5.14. The van der Waals surface area contributed by atoms with Crippen molar-refractivity contribution in [3.8, 4) is 0 Å². The van der Waals surface area contributed by atoms with E-state index in [1.54, 1.807) is 62.6 Å². The molecule has 2 aromatic carbocycles. The number of Topliss-reactive ketones (excluding diaryl/α,β-unsaturated/α-hetero) is 1. The fourth-order valence-corrected chi connectivity index (χ4v) is 2.96. The lowest BCUT2D eigenvalue weighted by molar-refractivity contribution is -0.125. The lowest BCUT2D eigenvalue weighted by Gasteiger charge is -2.11. The van der Waals surface area contributed by atoms with Gasteiger partial charge >= 0.3 is 5.97 Å². The Labute approximate surface area is 151 Å². The lowest BCUT2D eigenvalue weighted by atomic mass is 10.1. The number of hydrogen-bond donors (Lipinski definition) is 0. The highest BCUT2D eigenvalue weighted by atomic mass is 32.2. The number of carbonyl (C=O) groups excluding carboxylic acids is 3. The molecule has 0 radical (unpaired) electrons. The molecule has 2 aromatic rings. The molecule has 0 spiro atoms. The number of thioether (sulfide) groups is 1. The fraction of sp³-hybridized carbons (Fsp3) is 0.211. The maximum atomic E-state index is 12.3. The molecule has 1 amide bonds. The van der Waals surface area contributed by atoms with E-state index in [0.717, 1.165) is 0 Å². The van der Waals surface area contributed by atoms with Gasteiger partial charge in [0.05, 0.1) is 11.3 Å². The van der Waals surface area contributed by atoms with E-state index < -0.39 is 5.97 Å². The smallest absolute Gasteiger partial charge is 0.339 e. The van der Waals surface area contributed by atoms with E-state index in [1.165, 1.54) is 16.7 Å². The number of ketones is 1. The molecule has 0 unspecified atom stereocenters. The van der Waals surface area contributed by atoms with E-state index in [9.17, 15) is 14.4 Å². The first-order valence-corrected chi connectivity index (χ1v) is 8.65. The van der Waals surface area contributed by atoms with Gasteiger partial charge in [-0.15, -0.1) is 11.8 Å². The van der Waals surface area contributed by atoms with Crippen molar-refractivity contribution in [2.24, 2.45) is 0 Å². The third-order valence-corrected chi connectivity index (χ3v) is 4.45. The third kappa shape index (κ3) is 5.46. The molecule has 6 heteroatoms. The molecule has 0 heterocycles. The molecule has 0 saturated heterocycles. The van der Waals surface area contributed by atoms with E-state index in [4.69, 9.17) is 4.74 Å². The van der Waals surface area contributed by atoms with Crippen molar-refractivity contribution in [3.05, 3.63) is 65.7 Å². The van der Waals surface area contributed by atoms with Gasteiger partial charge < -0.3 is 9.64 Å². The zero-order valence-corrected chi connectivity index (χ0v) is 14.9. The Morgan fingerprint density at radius 2 is 1.60 bits per heavy atom. The van der Waals surface area contributed by atoms with Crippen molar-refractivity contribution in [2.75, 3.05) is 26.5 Å². The monoisotopic (exact) mass is 357 g/mol. The Morgan fingerprint density at radius 3 is 2.28 bits per heavy atom. The van der Waals surface area contributed by atoms with Crippen LogP contribution in [0.1, 0.15) is 20.7 Å². The van der Waals surface area contributed by atoms with Crippen LogP contribution in [0.25, 0.3) is 0 Å². The standard InChI is InChI=1S/C19H19NO4S/c1-20(2)18(22)13-25-17-11-7-6-10-15(17)19(23)24-12-16(21)14-8-4-3-5-9-14/h3-11H,12-13H2,1-2H3. The predicted octanol–water partition coefficient (Wildman–Crippen LogP) is 2.91. The van der Waals surface area contributed by atoms with E-state index in [-0.39, 0.29) is 24.1 Å². The summed E-state index contributed by atoms with van der Waals surface area (Å²) in [4.78, 5) is 38.2. The molecular weight excluding hydrogens is 338 g/mol. The molecule has 0 aliphatic heterocycles. The van der Waals surface area contributed by atoms with Gasteiger partial charge in [0.15, 0.2) is 12.4 Å². The average Bonchev–Trinajstić information content (AvgIpc) is 2.64. The van der Waals surface area contributed by atoms with Gasteiger partial charge in [-0.2, -0.15) is 0 Å². The number of amides is 1. The summed E-state index contributed by atoms with van der Waals surface area (Å²) in [5, 5.41) is 0. The molecule has 130 valence electrons. The van der Waals surface area contributed by atoms with Crippen LogP contribution in [0, 0.1) is 0 Å². The zero-order valence-electron chi connectivity index (χ0n) is 14.1. The highest BCUT2D eigenvalue weighted by molar-refractivity contribution is 8.00. The number of ether oxygens (including phenoxy) is 1. The molecule has 5 nitrogen and oxygen atoms in total. The van der Waals surface area contributed by atoms with E-state index >= 15 is 0 Å². The first-order chi connectivity index (χ1) is 12.0. The van der Waals surface area contributed by atoms with Crippen molar-refractivity contribution >= 4 is 29.4 Å². The van der Waals surface area contributed by atoms with Gasteiger partial charge in [-0.25, -0.2) is 4.79 Å². The SMILES string of the molecule is CN(C)C(=O)CSc1ccccc1C(=O)OCC(=O)c1ccccc1. The Morgan fingerprint density at radius 1 is 0.960 bits per heavy atom. The van der Waals surface area contributed by atoms with Crippen LogP contribution in [0.15, 0.2) is 59.5 Å². The topological polar surface area (TPSA) is 63.7 Å². The molecule has 0 atom stereocenters. The molecule has 25 heavy (non-hydrogen) atoms. The highest BCUT2D eigenvalue weighted by Crippen LogP contribution is 2.23. The maximum Gasteiger partial charge on any atom is 0.339 e. The summed E-state index contributed by atoms with van der Waals surface area (Å²) >= 11 is 1.27. The van der Waals surface area contributed by atoms with Crippen LogP contribution in [-0.2, 0) is 9.53 Å². The minimum atomic E-state index is -0.579. The van der Waals surface area contributed by atoms with Crippen LogP contribution >= 0.6 is 11.8 Å². The van der Waals surface area contributed by atoms with Crippen LogP contribution < -0.4 is 0 Å². The predicted molar refractivity (Wildman–Crippen MR) is 96.9 cm³/mol. The van der Waals surface area contributed by atoms with Crippen LogP contribution in [-0.4, -0.2) is 49.0 Å². The fourth-order valence-electron chi connectivity index (χ4n) is 1.95. The van der Waals surface area contributed by atoms with Gasteiger partial charge in [-0.1, -0.05) is 42.5 Å². The highest BCUT2D eigenvalue weighted by Gasteiger charge is 2.16. The van der Waals surface area contributed by atoms with Crippen molar-refractivity contribution < 1.29 is 19.1 Å². The van der Waals surface area contributed by atoms with E-state index in [0.29, 0.717) is 16.0 Å². The van der Waals surface area contributed by atoms with E-state index in [1.807, 2.05) is 6.07 Å². The summed E-state index contributed by atoms with van der Waals surface area (Å²) in [5.41, 5.74) is 0.842. The normalized spacial score (nSPS) is 10.2. The van der Waals surface area contributed by atoms with Crippen LogP contribution in [0.4, 0.5) is 0 Å². The minimum absolute atomic E-state index is 0.0487. The van der Waals surface area contributed by atoms with Crippen molar-refractivity contribution in [2.45, 2.75) is 4.90 Å². The van der Waals surface area contributed by atoms with Gasteiger partial charge in [0.1, 0.15) is 0 Å². The second-order valence-electron chi connectivity index (χ2n) is 5.44. The molecule has 0 aliphatic rings. The number of hydrogen-bond acceptors (Lipinski definition) is 5. The lowest BCUT2D eigenvalue weighted by Crippen LogP contribution is -2.23. The Hall–Kier alpha value is -2.60. The van der Waals surface area contributed by atoms with Crippen molar-refractivity contribution in [1.82, 2.24) is 4.90 Å². The zero-order chi connectivity index (χ0) is 18.2. The summed E-state index contributed by atoms with van der Waals surface area (Å²) in [7, 11) is 3.36. The van der Waals surface area contributed by atoms with Gasteiger partial charge in [0.25, 0.3) is 0 Å². The first-order valence-electron chi connectivity index (χ1n) is 7.66. The molecular formula is C19H19NO4S. The number of nitrogens with zero attached hydrogens (tertiary/aromatic N) is 1. The van der Waals surface area contributed by atoms with Crippen molar-refractivity contribution in [3.63, 3.8) is 0 Å². The van der Waals surface area contributed by atoms with Gasteiger partial charge in [0.2, 0.25) is 5.91 Å². The first kappa shape index (κ1) is 18.7.